The first kappa shape index (κ1) is 15.1. The van der Waals surface area contributed by atoms with Crippen LogP contribution in [-0.2, 0) is 14.3 Å². The molecule has 1 fully saturated rings. The van der Waals surface area contributed by atoms with E-state index in [0.717, 1.165) is 17.4 Å². The van der Waals surface area contributed by atoms with E-state index in [4.69, 9.17) is 0 Å². The Balaban J connectivity index is 2.25. The number of carbonyl (C=O) groups excluding carboxylic acids is 2. The molecule has 0 saturated carbocycles. The number of thioether (sulfide) groups is 1. The van der Waals surface area contributed by atoms with Crippen molar-refractivity contribution < 1.29 is 14.3 Å². The van der Waals surface area contributed by atoms with Gasteiger partial charge in [-0.15, -0.1) is 0 Å². The molecule has 0 aromatic heterocycles. The Labute approximate surface area is 126 Å². The zero-order valence-corrected chi connectivity index (χ0v) is 12.5. The van der Waals surface area contributed by atoms with E-state index < -0.39 is 5.97 Å². The fourth-order valence-corrected chi connectivity index (χ4v) is 2.56. The lowest BCUT2D eigenvalue weighted by Crippen LogP contribution is -2.35. The van der Waals surface area contributed by atoms with Crippen molar-refractivity contribution in [1.82, 2.24) is 5.01 Å². The zero-order chi connectivity index (χ0) is 15.2. The van der Waals surface area contributed by atoms with Crippen LogP contribution >= 0.6 is 11.8 Å². The fraction of sp³-hybridized carbons (Fsp3) is 0.214. The number of ether oxygens (including phenoxy) is 1. The van der Waals surface area contributed by atoms with Gasteiger partial charge in [-0.1, -0.05) is 18.2 Å². The number of benzene rings is 1. The van der Waals surface area contributed by atoms with Gasteiger partial charge in [-0.3, -0.25) is 15.2 Å². The summed E-state index contributed by atoms with van der Waals surface area (Å²) in [6.45, 7) is 2.41. The number of para-hydroxylation sites is 1. The number of amides is 1. The molecule has 0 radical (unpaired) electrons. The molecule has 1 aliphatic rings. The monoisotopic (exact) mass is 305 g/mol. The van der Waals surface area contributed by atoms with Crippen molar-refractivity contribution in [2.45, 2.75) is 6.92 Å². The highest BCUT2D eigenvalue weighted by Crippen LogP contribution is 2.31. The molecule has 0 bridgehead atoms. The summed E-state index contributed by atoms with van der Waals surface area (Å²) in [4.78, 5) is 28.2. The predicted octanol–water partition coefficient (Wildman–Crippen LogP) is 2.02. The molecular formula is C14H15N3O3S. The number of hydrogen-bond donors (Lipinski definition) is 1. The van der Waals surface area contributed by atoms with Gasteiger partial charge < -0.3 is 4.74 Å². The molecule has 0 aliphatic carbocycles. The number of rotatable bonds is 4. The Hall–Kier alpha value is -2.28. The quantitative estimate of drug-likeness (QED) is 0.680. The van der Waals surface area contributed by atoms with E-state index in [1.165, 1.54) is 18.2 Å². The Bertz CT molecular complexity index is 599. The lowest BCUT2D eigenvalue weighted by atomic mass is 10.3. The lowest BCUT2D eigenvalue weighted by Gasteiger charge is -2.17. The number of esters is 1. The van der Waals surface area contributed by atoms with Crippen LogP contribution in [0.5, 0.6) is 0 Å². The smallest absolute Gasteiger partial charge is 0.331 e. The Morgan fingerprint density at radius 1 is 1.43 bits per heavy atom. The second-order valence-electron chi connectivity index (χ2n) is 4.01. The van der Waals surface area contributed by atoms with E-state index >= 15 is 0 Å². The molecule has 1 aromatic rings. The van der Waals surface area contributed by atoms with Crippen molar-refractivity contribution in [3.8, 4) is 0 Å². The maximum Gasteiger partial charge on any atom is 0.331 e. The number of nitrogens with one attached hydrogen (secondary N) is 1. The molecule has 1 heterocycles. The number of hydrogen-bond acceptors (Lipinski definition) is 6. The average Bonchev–Trinajstić information content (AvgIpc) is 2.77. The first-order valence-electron chi connectivity index (χ1n) is 6.33. The Morgan fingerprint density at radius 3 is 2.76 bits per heavy atom. The maximum atomic E-state index is 12.3. The molecule has 1 saturated heterocycles. The van der Waals surface area contributed by atoms with Crippen LogP contribution in [0.25, 0.3) is 0 Å². The van der Waals surface area contributed by atoms with Crippen molar-refractivity contribution in [1.29, 1.82) is 0 Å². The molecule has 7 heteroatoms. The minimum atomic E-state index is -0.566. The predicted molar refractivity (Wildman–Crippen MR) is 82.6 cm³/mol. The molecule has 6 nitrogen and oxygen atoms in total. The summed E-state index contributed by atoms with van der Waals surface area (Å²) in [7, 11) is 1.27. The second kappa shape index (κ2) is 6.94. The van der Waals surface area contributed by atoms with Gasteiger partial charge in [0.05, 0.1) is 17.7 Å². The molecule has 0 atom stereocenters. The van der Waals surface area contributed by atoms with Crippen LogP contribution in [0.15, 0.2) is 46.3 Å². The van der Waals surface area contributed by atoms with Crippen LogP contribution in [-0.4, -0.2) is 35.7 Å². The minimum Gasteiger partial charge on any atom is -0.466 e. The number of aliphatic imine (C=N–C) groups is 1. The van der Waals surface area contributed by atoms with Crippen LogP contribution in [0.4, 0.5) is 5.69 Å². The van der Waals surface area contributed by atoms with Gasteiger partial charge in [0.1, 0.15) is 0 Å². The van der Waals surface area contributed by atoms with Gasteiger partial charge >= 0.3 is 5.97 Å². The lowest BCUT2D eigenvalue weighted by molar-refractivity contribution is -0.135. The number of anilines is 1. The molecule has 0 spiro atoms. The van der Waals surface area contributed by atoms with Crippen LogP contribution in [0, 0.1) is 0 Å². The van der Waals surface area contributed by atoms with Crippen molar-refractivity contribution >= 4 is 34.5 Å². The normalized spacial score (nSPS) is 18.4. The van der Waals surface area contributed by atoms with E-state index in [2.05, 4.69) is 15.2 Å². The summed E-state index contributed by atoms with van der Waals surface area (Å²) in [6, 6.07) is 9.28. The number of amidine groups is 1. The molecule has 1 amide bonds. The van der Waals surface area contributed by atoms with Gasteiger partial charge in [-0.05, 0) is 30.8 Å². The van der Waals surface area contributed by atoms with Gasteiger partial charge in [0.2, 0.25) is 0 Å². The SMILES string of the molecule is CCN=C1S/C(=C\C(=O)OC)C(=O)N1Nc1ccccc1. The van der Waals surface area contributed by atoms with Crippen LogP contribution in [0.1, 0.15) is 6.92 Å². The zero-order valence-electron chi connectivity index (χ0n) is 11.7. The summed E-state index contributed by atoms with van der Waals surface area (Å²) < 4.78 is 4.55. The van der Waals surface area contributed by atoms with E-state index in [-0.39, 0.29) is 10.8 Å². The number of methoxy groups -OCH3 is 1. The average molecular weight is 305 g/mol. The standard InChI is InChI=1S/C14H15N3O3S/c1-3-15-14-17(16-10-7-5-4-6-8-10)13(19)11(21-14)9-12(18)20-2/h4-9,16H,3H2,1-2H3/b11-9-,15-14?. The summed E-state index contributed by atoms with van der Waals surface area (Å²) in [5.74, 6) is -0.898. The van der Waals surface area contributed by atoms with E-state index in [0.29, 0.717) is 11.7 Å². The van der Waals surface area contributed by atoms with Crippen LogP contribution < -0.4 is 5.43 Å². The molecule has 0 unspecified atom stereocenters. The van der Waals surface area contributed by atoms with Crippen LogP contribution in [0.3, 0.4) is 0 Å². The summed E-state index contributed by atoms with van der Waals surface area (Å²) in [5.41, 5.74) is 3.74. The van der Waals surface area contributed by atoms with E-state index in [9.17, 15) is 9.59 Å². The topological polar surface area (TPSA) is 71.0 Å². The largest absolute Gasteiger partial charge is 0.466 e. The van der Waals surface area contributed by atoms with Crippen LogP contribution in [0.2, 0.25) is 0 Å². The summed E-state index contributed by atoms with van der Waals surface area (Å²) >= 11 is 1.14. The first-order valence-corrected chi connectivity index (χ1v) is 7.15. The van der Waals surface area contributed by atoms with E-state index in [1.807, 2.05) is 37.3 Å². The number of hydrazine groups is 1. The molecule has 2 rings (SSSR count). The summed E-state index contributed by atoms with van der Waals surface area (Å²) in [6.07, 6.45) is 1.17. The molecular weight excluding hydrogens is 290 g/mol. The van der Waals surface area contributed by atoms with Crippen molar-refractivity contribution in [3.05, 3.63) is 41.3 Å². The third-order valence-corrected chi connectivity index (χ3v) is 3.57. The van der Waals surface area contributed by atoms with Gasteiger partial charge in [-0.25, -0.2) is 4.79 Å². The van der Waals surface area contributed by atoms with Gasteiger partial charge in [0, 0.05) is 12.6 Å². The van der Waals surface area contributed by atoms with Crippen molar-refractivity contribution in [2.75, 3.05) is 19.1 Å². The highest BCUT2D eigenvalue weighted by atomic mass is 32.2. The van der Waals surface area contributed by atoms with E-state index in [1.54, 1.807) is 0 Å². The minimum absolute atomic E-state index is 0.275. The van der Waals surface area contributed by atoms with Gasteiger partial charge in [0.25, 0.3) is 5.91 Å². The third kappa shape index (κ3) is 3.63. The number of carbonyl (C=O) groups is 2. The van der Waals surface area contributed by atoms with Crippen molar-refractivity contribution in [2.24, 2.45) is 4.99 Å². The summed E-state index contributed by atoms with van der Waals surface area (Å²) in [5, 5.41) is 1.83. The fourth-order valence-electron chi connectivity index (χ4n) is 1.62. The molecule has 1 aromatic carbocycles. The molecule has 21 heavy (non-hydrogen) atoms. The van der Waals surface area contributed by atoms with Gasteiger partial charge in [-0.2, -0.15) is 5.01 Å². The van der Waals surface area contributed by atoms with Crippen molar-refractivity contribution in [3.63, 3.8) is 0 Å². The highest BCUT2D eigenvalue weighted by Gasteiger charge is 2.34. The Kier molecular flexibility index (Phi) is 4.99. The second-order valence-corrected chi connectivity index (χ2v) is 5.02. The molecule has 1 aliphatic heterocycles. The first-order chi connectivity index (χ1) is 10.2. The molecule has 1 N–H and O–H groups in total. The number of nitrogens with zero attached hydrogens (tertiary/aromatic N) is 2. The maximum absolute atomic E-state index is 12.3. The van der Waals surface area contributed by atoms with Gasteiger partial charge in [0.15, 0.2) is 5.17 Å². The Morgan fingerprint density at radius 2 is 2.14 bits per heavy atom. The highest BCUT2D eigenvalue weighted by molar-refractivity contribution is 8.18. The third-order valence-electron chi connectivity index (χ3n) is 2.56. The molecule has 110 valence electrons.